The highest BCUT2D eigenvalue weighted by molar-refractivity contribution is 14.1. The number of carboxylic acids is 1. The zero-order chi connectivity index (χ0) is 15.6. The molecular weight excluding hydrogens is 427 g/mol. The molecule has 2 rings (SSSR count). The second-order valence-electron chi connectivity index (χ2n) is 4.33. The maximum atomic E-state index is 12.3. The SMILES string of the molecule is O=C(O)c1ccc(S(=O)(=O)Cc2ccc(I)cc2)cc1Cl. The van der Waals surface area contributed by atoms with E-state index >= 15 is 0 Å². The number of carbonyl (C=O) groups is 1. The molecule has 7 heteroatoms. The van der Waals surface area contributed by atoms with Crippen LogP contribution in [-0.4, -0.2) is 19.5 Å². The summed E-state index contributed by atoms with van der Waals surface area (Å²) < 4.78 is 25.6. The van der Waals surface area contributed by atoms with Crippen LogP contribution in [0.4, 0.5) is 0 Å². The Kier molecular flexibility index (Phi) is 4.90. The molecular formula is C14H10ClIO4S. The minimum atomic E-state index is -3.57. The fraction of sp³-hybridized carbons (Fsp3) is 0.0714. The van der Waals surface area contributed by atoms with Crippen LogP contribution < -0.4 is 0 Å². The predicted octanol–water partition coefficient (Wildman–Crippen LogP) is 3.62. The monoisotopic (exact) mass is 436 g/mol. The van der Waals surface area contributed by atoms with Gasteiger partial charge in [0.1, 0.15) is 0 Å². The number of hydrogen-bond acceptors (Lipinski definition) is 3. The van der Waals surface area contributed by atoms with Gasteiger partial charge in [0.2, 0.25) is 0 Å². The van der Waals surface area contributed by atoms with Crippen LogP contribution in [0.2, 0.25) is 5.02 Å². The summed E-state index contributed by atoms with van der Waals surface area (Å²) in [7, 11) is -3.57. The molecule has 0 saturated heterocycles. The van der Waals surface area contributed by atoms with E-state index in [0.717, 1.165) is 3.57 Å². The molecule has 0 fully saturated rings. The smallest absolute Gasteiger partial charge is 0.337 e. The number of halogens is 2. The van der Waals surface area contributed by atoms with Gasteiger partial charge in [-0.1, -0.05) is 23.7 Å². The first-order valence-electron chi connectivity index (χ1n) is 5.79. The molecule has 1 N–H and O–H groups in total. The third kappa shape index (κ3) is 3.96. The third-order valence-corrected chi connectivity index (χ3v) is 5.52. The van der Waals surface area contributed by atoms with Crippen LogP contribution in [0.1, 0.15) is 15.9 Å². The van der Waals surface area contributed by atoms with Gasteiger partial charge in [-0.3, -0.25) is 0 Å². The summed E-state index contributed by atoms with van der Waals surface area (Å²) in [6.45, 7) is 0. The zero-order valence-corrected chi connectivity index (χ0v) is 14.3. The molecule has 0 atom stereocenters. The maximum Gasteiger partial charge on any atom is 0.337 e. The van der Waals surface area contributed by atoms with E-state index in [1.807, 2.05) is 12.1 Å². The molecule has 0 unspecified atom stereocenters. The highest BCUT2D eigenvalue weighted by Gasteiger charge is 2.18. The van der Waals surface area contributed by atoms with E-state index in [2.05, 4.69) is 22.6 Å². The lowest BCUT2D eigenvalue weighted by Gasteiger charge is -2.07. The summed E-state index contributed by atoms with van der Waals surface area (Å²) in [5, 5.41) is 8.79. The summed E-state index contributed by atoms with van der Waals surface area (Å²) in [6.07, 6.45) is 0. The van der Waals surface area contributed by atoms with Crippen molar-refractivity contribution >= 4 is 50.0 Å². The second-order valence-corrected chi connectivity index (χ2v) is 7.97. The molecule has 0 aromatic heterocycles. The Bertz CT molecular complexity index is 785. The topological polar surface area (TPSA) is 71.4 Å². The standard InChI is InChI=1S/C14H10ClIO4S/c15-13-7-11(5-6-12(13)14(17)18)21(19,20)8-9-1-3-10(16)4-2-9/h1-7H,8H2,(H,17,18). The summed E-state index contributed by atoms with van der Waals surface area (Å²) in [4.78, 5) is 10.9. The first kappa shape index (κ1) is 16.3. The Hall–Kier alpha value is -1.12. The van der Waals surface area contributed by atoms with Crippen molar-refractivity contribution in [3.05, 3.63) is 62.2 Å². The van der Waals surface area contributed by atoms with Crippen molar-refractivity contribution in [3.8, 4) is 0 Å². The molecule has 0 aliphatic rings. The van der Waals surface area contributed by atoms with Crippen molar-refractivity contribution in [2.24, 2.45) is 0 Å². The van der Waals surface area contributed by atoms with Gasteiger partial charge in [0.05, 0.1) is 21.2 Å². The van der Waals surface area contributed by atoms with E-state index < -0.39 is 15.8 Å². The molecule has 0 aliphatic heterocycles. The van der Waals surface area contributed by atoms with Gasteiger partial charge in [-0.2, -0.15) is 0 Å². The van der Waals surface area contributed by atoms with E-state index in [1.54, 1.807) is 12.1 Å². The van der Waals surface area contributed by atoms with Crippen LogP contribution >= 0.6 is 34.2 Å². The molecule has 2 aromatic rings. The van der Waals surface area contributed by atoms with Crippen molar-refractivity contribution < 1.29 is 18.3 Å². The van der Waals surface area contributed by atoms with Crippen molar-refractivity contribution in [1.29, 1.82) is 0 Å². The lowest BCUT2D eigenvalue weighted by molar-refractivity contribution is 0.0697. The number of sulfone groups is 1. The highest BCUT2D eigenvalue weighted by Crippen LogP contribution is 2.23. The maximum absolute atomic E-state index is 12.3. The predicted molar refractivity (Wildman–Crippen MR) is 88.5 cm³/mol. The first-order valence-corrected chi connectivity index (χ1v) is 8.90. The minimum Gasteiger partial charge on any atom is -0.478 e. The summed E-state index contributed by atoms with van der Waals surface area (Å²) in [5.41, 5.74) is 0.540. The Labute approximate surface area is 140 Å². The van der Waals surface area contributed by atoms with Crippen LogP contribution in [0, 0.1) is 3.57 Å². The Morgan fingerprint density at radius 2 is 1.76 bits per heavy atom. The lowest BCUT2D eigenvalue weighted by Crippen LogP contribution is -2.06. The summed E-state index contributed by atoms with van der Waals surface area (Å²) >= 11 is 7.94. The number of rotatable bonds is 4. The normalized spacial score (nSPS) is 11.3. The van der Waals surface area contributed by atoms with E-state index in [1.165, 1.54) is 18.2 Å². The Morgan fingerprint density at radius 3 is 2.29 bits per heavy atom. The fourth-order valence-corrected chi connectivity index (χ4v) is 3.80. The minimum absolute atomic E-state index is 0.0102. The molecule has 4 nitrogen and oxygen atoms in total. The van der Waals surface area contributed by atoms with Gasteiger partial charge in [-0.05, 0) is 58.5 Å². The summed E-state index contributed by atoms with van der Waals surface area (Å²) in [6, 6.07) is 10.8. The van der Waals surface area contributed by atoms with Gasteiger partial charge in [0, 0.05) is 3.57 Å². The Balaban J connectivity index is 2.33. The molecule has 0 spiro atoms. The molecule has 0 heterocycles. The number of carboxylic acid groups (broad SMARTS) is 1. The molecule has 0 saturated carbocycles. The molecule has 2 aromatic carbocycles. The van der Waals surface area contributed by atoms with Gasteiger partial charge in [0.25, 0.3) is 0 Å². The van der Waals surface area contributed by atoms with Crippen molar-refractivity contribution in [2.45, 2.75) is 10.6 Å². The third-order valence-electron chi connectivity index (χ3n) is 2.80. The van der Waals surface area contributed by atoms with Crippen molar-refractivity contribution in [1.82, 2.24) is 0 Å². The van der Waals surface area contributed by atoms with Crippen LogP contribution in [0.25, 0.3) is 0 Å². The van der Waals surface area contributed by atoms with E-state index in [9.17, 15) is 13.2 Å². The molecule has 0 amide bonds. The van der Waals surface area contributed by atoms with E-state index in [0.29, 0.717) is 5.56 Å². The van der Waals surface area contributed by atoms with Gasteiger partial charge in [0.15, 0.2) is 9.84 Å². The zero-order valence-electron chi connectivity index (χ0n) is 10.6. The number of aromatic carboxylic acids is 1. The van der Waals surface area contributed by atoms with Crippen LogP contribution in [0.5, 0.6) is 0 Å². The number of hydrogen-bond donors (Lipinski definition) is 1. The van der Waals surface area contributed by atoms with Crippen molar-refractivity contribution in [3.63, 3.8) is 0 Å². The molecule has 110 valence electrons. The molecule has 0 bridgehead atoms. The lowest BCUT2D eigenvalue weighted by atomic mass is 10.2. The molecule has 0 aliphatic carbocycles. The summed E-state index contributed by atoms with van der Waals surface area (Å²) in [5.74, 6) is -1.35. The molecule has 0 radical (unpaired) electrons. The van der Waals surface area contributed by atoms with E-state index in [-0.39, 0.29) is 21.2 Å². The van der Waals surface area contributed by atoms with Gasteiger partial charge < -0.3 is 5.11 Å². The van der Waals surface area contributed by atoms with Gasteiger partial charge >= 0.3 is 5.97 Å². The van der Waals surface area contributed by atoms with Gasteiger partial charge in [-0.15, -0.1) is 0 Å². The fourth-order valence-electron chi connectivity index (χ4n) is 1.75. The van der Waals surface area contributed by atoms with Crippen LogP contribution in [0.3, 0.4) is 0 Å². The van der Waals surface area contributed by atoms with Crippen LogP contribution in [-0.2, 0) is 15.6 Å². The second kappa shape index (κ2) is 6.33. The average molecular weight is 437 g/mol. The average Bonchev–Trinajstić information content (AvgIpc) is 2.40. The largest absolute Gasteiger partial charge is 0.478 e. The Morgan fingerprint density at radius 1 is 1.14 bits per heavy atom. The van der Waals surface area contributed by atoms with Gasteiger partial charge in [-0.25, -0.2) is 13.2 Å². The quantitative estimate of drug-likeness (QED) is 0.743. The van der Waals surface area contributed by atoms with E-state index in [4.69, 9.17) is 16.7 Å². The highest BCUT2D eigenvalue weighted by atomic mass is 127. The van der Waals surface area contributed by atoms with Crippen LogP contribution in [0.15, 0.2) is 47.4 Å². The van der Waals surface area contributed by atoms with Crippen molar-refractivity contribution in [2.75, 3.05) is 0 Å². The molecule has 21 heavy (non-hydrogen) atoms. The number of benzene rings is 2. The first-order chi connectivity index (χ1) is 9.79.